The number of amides is 6. The largest absolute Gasteiger partial charge is 0.460 e. The SMILES string of the molecule is CC1(C)CC(=O)N(C[C@@H](N=C=O)C(C)(C)C)C(=O)C1.CCCC(=O)C(=O)[C@@H]1CCCCCCCCC[C@H](CC(=O)C[C@H](CN2C(=O)CC(C)(C)CC2=O)C(C)(C)C)C(=O)N2C[C@H]3[C@@H]([C@H]2C(=O)C1)C3(C)C.CCCC(=O)C(=O)[C@@H]1CCCCCCCCC[C@H](CC(=O)OC(C)(C)C)C(=O)N2C[C@H]3[C@@H]([C@H]2C(=O)C1)C3(C)C. The monoisotopic (exact) mass is 1520 g/mol. The van der Waals surface area contributed by atoms with Gasteiger partial charge in [-0.2, -0.15) is 0 Å². The summed E-state index contributed by atoms with van der Waals surface area (Å²) < 4.78 is 5.56. The normalized spacial score (nSPS) is 28.4. The first-order valence-electron chi connectivity index (χ1n) is 41.9. The van der Waals surface area contributed by atoms with Crippen LogP contribution in [0.5, 0.6) is 0 Å². The number of rotatable bonds is 19. The number of carbonyl (C=O) groups excluding carboxylic acids is 15. The first kappa shape index (κ1) is 91.6. The summed E-state index contributed by atoms with van der Waals surface area (Å²) in [6.07, 6.45) is 20.3. The average Bonchev–Trinajstić information content (AvgIpc) is 1.53. The smallest absolute Gasteiger partial charge is 0.307 e. The number of hydrogen-bond donors (Lipinski definition) is 0. The van der Waals surface area contributed by atoms with E-state index >= 15 is 0 Å². The van der Waals surface area contributed by atoms with Gasteiger partial charge in [-0.05, 0) is 121 Å². The van der Waals surface area contributed by atoms with E-state index in [9.17, 15) is 71.9 Å². The molecule has 8 aliphatic rings. The summed E-state index contributed by atoms with van der Waals surface area (Å²) in [6, 6.07) is -1.66. The topological polar surface area (TPSA) is 291 Å². The van der Waals surface area contributed by atoms with Gasteiger partial charge in [-0.3, -0.25) is 76.9 Å². The van der Waals surface area contributed by atoms with E-state index in [1.807, 2.05) is 104 Å². The van der Waals surface area contributed by atoms with Gasteiger partial charge in [-0.15, -0.1) is 0 Å². The molecule has 0 radical (unpaired) electrons. The van der Waals surface area contributed by atoms with Crippen molar-refractivity contribution in [1.29, 1.82) is 0 Å². The maximum atomic E-state index is 14.5. The summed E-state index contributed by atoms with van der Waals surface area (Å²) in [7, 11) is 0. The molecule has 612 valence electrons. The second kappa shape index (κ2) is 38.5. The van der Waals surface area contributed by atoms with E-state index in [4.69, 9.17) is 4.74 Å². The fourth-order valence-electron chi connectivity index (χ4n) is 18.4. The van der Waals surface area contributed by atoms with Crippen LogP contribution in [0.3, 0.4) is 0 Å². The fraction of sp³-hybridized carbons (Fsp3) is 0.830. The number of ether oxygens (including phenoxy) is 1. The summed E-state index contributed by atoms with van der Waals surface area (Å²) in [5.41, 5.74) is -2.10. The predicted octanol–water partition coefficient (Wildman–Crippen LogP) is 15.1. The number of carbonyl (C=O) groups is 14. The van der Waals surface area contributed by atoms with E-state index in [1.54, 1.807) is 9.80 Å². The zero-order chi connectivity index (χ0) is 81.7. The molecule has 21 heteroatoms. The van der Waals surface area contributed by atoms with Crippen molar-refractivity contribution in [2.24, 2.45) is 90.7 Å². The highest BCUT2D eigenvalue weighted by Crippen LogP contribution is 2.66. The van der Waals surface area contributed by atoms with Crippen molar-refractivity contribution in [3.63, 3.8) is 0 Å². The Kier molecular flexibility index (Phi) is 32.4. The standard InChI is InChI=1S/C42H66N2O7.C32H51NO6.C14H22N2O3/c1-9-17-32(46)38(50)27-18-15-13-11-10-12-14-16-19-28(39(51)44-26-31-36(42(31,7)8)37(44)33(47)21-27)20-30(45)22-29(40(2,3)4)25-43-34(48)23-41(5,6)24-35(43)49;1-7-15-24(34)29(37)21-16-13-11-9-8-10-12-14-17-22(19-26(36)39-31(2,3)4)30(38)33-20-23-27(32(23,5)6)28(33)25(35)18-21;1-13(2,3)10(15-9-17)8-16-11(18)6-14(4,5)7-12(16)19/h27-29,31,36-37H,9-26H2,1-8H3;21-23,27-28H,7-20H2,1-6H3;10H,6-8H2,1-5H3/t27-,28-,29-,31+,36+,37-;21-,22-,23+,27+,28-;10-/m111/s1. The molecule has 0 aromatic carbocycles. The maximum absolute atomic E-state index is 14.5. The Balaban J connectivity index is 0.000000281. The third-order valence-electron chi connectivity index (χ3n) is 25.4. The summed E-state index contributed by atoms with van der Waals surface area (Å²) in [6.45, 7) is 38.5. The van der Waals surface area contributed by atoms with E-state index in [1.165, 1.54) is 15.9 Å². The molecule has 6 saturated heterocycles. The van der Waals surface area contributed by atoms with Crippen LogP contribution in [0.2, 0.25) is 0 Å². The van der Waals surface area contributed by atoms with E-state index < -0.39 is 64.7 Å². The Hall–Kier alpha value is -6.24. The molecule has 6 amide bonds. The second-order valence-electron chi connectivity index (χ2n) is 39.8. The highest BCUT2D eigenvalue weighted by Gasteiger charge is 2.70. The van der Waals surface area contributed by atoms with Gasteiger partial charge in [0, 0.05) is 108 Å². The molecule has 12 atom stereocenters. The molecule has 0 unspecified atom stereocenters. The minimum Gasteiger partial charge on any atom is -0.460 e. The van der Waals surface area contributed by atoms with E-state index in [0.717, 1.165) is 89.9 Å². The number of esters is 1. The highest BCUT2D eigenvalue weighted by molar-refractivity contribution is 6.38. The Bertz CT molecular complexity index is 3330. The van der Waals surface area contributed by atoms with Crippen LogP contribution in [-0.2, 0) is 76.7 Å². The molecule has 0 aromatic heterocycles. The first-order chi connectivity index (χ1) is 50.6. The van der Waals surface area contributed by atoms with Crippen LogP contribution in [0.25, 0.3) is 0 Å². The molecule has 2 saturated carbocycles. The first-order valence-corrected chi connectivity index (χ1v) is 41.9. The number of likely N-dealkylation sites (tertiary alicyclic amines) is 2. The van der Waals surface area contributed by atoms with Gasteiger partial charge in [0.2, 0.25) is 53.1 Å². The lowest BCUT2D eigenvalue weighted by Crippen LogP contribution is -2.50. The number of aliphatic imine (C=N–C) groups is 1. The Morgan fingerprint density at radius 2 is 0.835 bits per heavy atom. The minimum atomic E-state index is -0.654. The molecule has 0 N–H and O–H groups in total. The lowest BCUT2D eigenvalue weighted by Gasteiger charge is -2.39. The van der Waals surface area contributed by atoms with Crippen molar-refractivity contribution in [1.82, 2.24) is 19.6 Å². The van der Waals surface area contributed by atoms with Gasteiger partial charge in [0.15, 0.2) is 23.1 Å². The molecule has 21 nitrogen and oxygen atoms in total. The fourth-order valence-corrected chi connectivity index (χ4v) is 18.4. The molecule has 0 spiro atoms. The summed E-state index contributed by atoms with van der Waals surface area (Å²) in [5, 5.41) is 0. The number of hydrogen-bond acceptors (Lipinski definition) is 17. The van der Waals surface area contributed by atoms with Crippen molar-refractivity contribution in [2.75, 3.05) is 26.2 Å². The molecular weight excluding hydrogens is 1380 g/mol. The second-order valence-corrected chi connectivity index (χ2v) is 39.8. The van der Waals surface area contributed by atoms with E-state index in [2.05, 4.69) is 32.7 Å². The minimum absolute atomic E-state index is 0.00106. The van der Waals surface area contributed by atoms with Crippen LogP contribution >= 0.6 is 0 Å². The van der Waals surface area contributed by atoms with Gasteiger partial charge < -0.3 is 14.5 Å². The number of ketones is 7. The van der Waals surface area contributed by atoms with Gasteiger partial charge in [-0.25, -0.2) is 9.79 Å². The molecule has 6 heterocycles. The van der Waals surface area contributed by atoms with Crippen molar-refractivity contribution >= 4 is 88.0 Å². The Labute approximate surface area is 652 Å². The third-order valence-corrected chi connectivity index (χ3v) is 25.4. The third kappa shape index (κ3) is 25.4. The van der Waals surface area contributed by atoms with Crippen LogP contribution in [-0.4, -0.2) is 157 Å². The van der Waals surface area contributed by atoms with Gasteiger partial charge in [-0.1, -0.05) is 201 Å². The van der Waals surface area contributed by atoms with Gasteiger partial charge in [0.05, 0.1) is 31.1 Å². The number of imide groups is 2. The molecular formula is C88H139N5O16. The lowest BCUT2D eigenvalue weighted by atomic mass is 9.75. The van der Waals surface area contributed by atoms with Crippen molar-refractivity contribution in [2.45, 2.75) is 354 Å². The van der Waals surface area contributed by atoms with Crippen LogP contribution in [0.15, 0.2) is 4.99 Å². The van der Waals surface area contributed by atoms with Crippen molar-refractivity contribution < 1.29 is 76.7 Å². The zero-order valence-corrected chi connectivity index (χ0v) is 70.4. The molecule has 109 heavy (non-hydrogen) atoms. The van der Waals surface area contributed by atoms with Crippen molar-refractivity contribution in [3.8, 4) is 0 Å². The summed E-state index contributed by atoms with van der Waals surface area (Å²) in [4.78, 5) is 206. The van der Waals surface area contributed by atoms with Crippen LogP contribution in [0.4, 0.5) is 0 Å². The van der Waals surface area contributed by atoms with Gasteiger partial charge in [0.25, 0.3) is 0 Å². The number of Topliss-reactive ketones (excluding diaryl/α,β-unsaturated/α-hetero) is 7. The Morgan fingerprint density at radius 3 is 1.17 bits per heavy atom. The Morgan fingerprint density at radius 1 is 0.486 bits per heavy atom. The summed E-state index contributed by atoms with van der Waals surface area (Å²) >= 11 is 0. The quantitative estimate of drug-likeness (QED) is 0.0382. The number of nitrogens with zero attached hydrogens (tertiary/aromatic N) is 5. The van der Waals surface area contributed by atoms with E-state index in [0.29, 0.717) is 77.3 Å². The molecule has 0 bridgehead atoms. The maximum Gasteiger partial charge on any atom is 0.307 e. The van der Waals surface area contributed by atoms with Crippen molar-refractivity contribution in [3.05, 3.63) is 0 Å². The van der Waals surface area contributed by atoms with Crippen LogP contribution < -0.4 is 0 Å². The molecule has 2 aliphatic carbocycles. The molecule has 6 aliphatic heterocycles. The number of piperidine rings is 4. The molecule has 0 aromatic rings. The molecule has 8 fully saturated rings. The number of fused-ring (bicyclic) bond motifs is 6. The summed E-state index contributed by atoms with van der Waals surface area (Å²) in [5.74, 6) is -5.54. The predicted molar refractivity (Wildman–Crippen MR) is 417 cm³/mol. The molecule has 8 rings (SSSR count). The van der Waals surface area contributed by atoms with Gasteiger partial charge >= 0.3 is 5.97 Å². The highest BCUT2D eigenvalue weighted by atomic mass is 16.6. The average molecular weight is 1520 g/mol. The van der Waals surface area contributed by atoms with Gasteiger partial charge in [0.1, 0.15) is 11.4 Å². The lowest BCUT2D eigenvalue weighted by molar-refractivity contribution is -0.159. The van der Waals surface area contributed by atoms with Crippen LogP contribution in [0.1, 0.15) is 331 Å². The van der Waals surface area contributed by atoms with E-state index in [-0.39, 0.29) is 185 Å². The zero-order valence-electron chi connectivity index (χ0n) is 70.4. The number of isocyanates is 1. The van der Waals surface area contributed by atoms with Crippen LogP contribution in [0, 0.1) is 85.8 Å².